The van der Waals surface area contributed by atoms with Crippen molar-refractivity contribution in [3.63, 3.8) is 0 Å². The molecule has 0 spiro atoms. The molecule has 0 radical (unpaired) electrons. The molecule has 2 N–H and O–H groups in total. The second-order valence-corrected chi connectivity index (χ2v) is 3.07. The third-order valence-electron chi connectivity index (χ3n) is 2.03. The van der Waals surface area contributed by atoms with E-state index in [2.05, 4.69) is 20.5 Å². The van der Waals surface area contributed by atoms with Crippen molar-refractivity contribution >= 4 is 5.69 Å². The first-order chi connectivity index (χ1) is 6.86. The molecule has 0 aliphatic carbocycles. The van der Waals surface area contributed by atoms with Gasteiger partial charge in [-0.05, 0) is 25.1 Å². The summed E-state index contributed by atoms with van der Waals surface area (Å²) in [5.41, 5.74) is 3.13. The fraction of sp³-hybridized carbons (Fsp3) is 0.200. The Hall–Kier alpha value is -1.84. The van der Waals surface area contributed by atoms with E-state index in [1.807, 2.05) is 25.1 Å². The summed E-state index contributed by atoms with van der Waals surface area (Å²) < 4.78 is 0. The first-order valence-electron chi connectivity index (χ1n) is 4.50. The maximum atomic E-state index is 4.19. The van der Waals surface area contributed by atoms with Crippen molar-refractivity contribution in [2.45, 2.75) is 13.5 Å². The molecule has 0 saturated carbocycles. The van der Waals surface area contributed by atoms with E-state index in [1.165, 1.54) is 0 Å². The molecule has 2 aromatic rings. The summed E-state index contributed by atoms with van der Waals surface area (Å²) in [7, 11) is 0. The van der Waals surface area contributed by atoms with E-state index in [1.54, 1.807) is 12.4 Å². The number of aromatic nitrogens is 3. The topological polar surface area (TPSA) is 53.6 Å². The lowest BCUT2D eigenvalue weighted by atomic mass is 10.3. The Morgan fingerprint density at radius 2 is 2.29 bits per heavy atom. The zero-order valence-electron chi connectivity index (χ0n) is 7.99. The first kappa shape index (κ1) is 8.74. The van der Waals surface area contributed by atoms with Crippen molar-refractivity contribution in [2.75, 3.05) is 5.32 Å². The number of anilines is 1. The van der Waals surface area contributed by atoms with Crippen molar-refractivity contribution in [1.82, 2.24) is 15.2 Å². The van der Waals surface area contributed by atoms with E-state index in [0.29, 0.717) is 0 Å². The quantitative estimate of drug-likeness (QED) is 0.771. The predicted molar refractivity (Wildman–Crippen MR) is 54.9 cm³/mol. The van der Waals surface area contributed by atoms with Gasteiger partial charge in [-0.1, -0.05) is 0 Å². The third-order valence-corrected chi connectivity index (χ3v) is 2.03. The number of aromatic amines is 1. The minimum Gasteiger partial charge on any atom is -0.378 e. The highest BCUT2D eigenvalue weighted by Gasteiger charge is 1.97. The number of pyridine rings is 1. The van der Waals surface area contributed by atoms with Crippen molar-refractivity contribution in [1.29, 1.82) is 0 Å². The van der Waals surface area contributed by atoms with Crippen LogP contribution in [0.2, 0.25) is 0 Å². The van der Waals surface area contributed by atoms with Crippen molar-refractivity contribution < 1.29 is 0 Å². The Morgan fingerprint density at radius 1 is 1.36 bits per heavy atom. The zero-order chi connectivity index (χ0) is 9.80. The molecule has 0 saturated heterocycles. The molecule has 4 heteroatoms. The Bertz CT molecular complexity index is 394. The number of hydrogen-bond donors (Lipinski definition) is 2. The van der Waals surface area contributed by atoms with E-state index >= 15 is 0 Å². The fourth-order valence-electron chi connectivity index (χ4n) is 1.24. The second kappa shape index (κ2) is 3.91. The average Bonchev–Trinajstić information content (AvgIpc) is 2.69. The molecule has 2 aromatic heterocycles. The number of nitrogens with one attached hydrogen (secondary N) is 2. The van der Waals surface area contributed by atoms with Gasteiger partial charge in [-0.25, -0.2) is 0 Å². The SMILES string of the molecule is Cc1ncccc1NCc1ccn[nH]1. The van der Waals surface area contributed by atoms with Crippen LogP contribution < -0.4 is 5.32 Å². The molecule has 72 valence electrons. The van der Waals surface area contributed by atoms with Crippen molar-refractivity contribution in [2.24, 2.45) is 0 Å². The van der Waals surface area contributed by atoms with Crippen molar-refractivity contribution in [3.8, 4) is 0 Å². The number of rotatable bonds is 3. The van der Waals surface area contributed by atoms with Gasteiger partial charge in [-0.3, -0.25) is 10.1 Å². The largest absolute Gasteiger partial charge is 0.378 e. The summed E-state index contributed by atoms with van der Waals surface area (Å²) in [6.07, 6.45) is 3.53. The highest BCUT2D eigenvalue weighted by atomic mass is 15.1. The molecule has 2 heterocycles. The Labute approximate surface area is 82.4 Å². The van der Waals surface area contributed by atoms with Crippen LogP contribution in [0.25, 0.3) is 0 Å². The van der Waals surface area contributed by atoms with Crippen LogP contribution in [0, 0.1) is 6.92 Å². The van der Waals surface area contributed by atoms with Crippen LogP contribution in [0.15, 0.2) is 30.6 Å². The zero-order valence-corrected chi connectivity index (χ0v) is 7.99. The van der Waals surface area contributed by atoms with Crippen LogP contribution in [0.3, 0.4) is 0 Å². The van der Waals surface area contributed by atoms with E-state index in [-0.39, 0.29) is 0 Å². The number of aryl methyl sites for hydroxylation is 1. The maximum absolute atomic E-state index is 4.19. The molecular formula is C10H12N4. The molecule has 0 fully saturated rings. The van der Waals surface area contributed by atoms with Gasteiger partial charge in [0.05, 0.1) is 23.6 Å². The molecule has 2 rings (SSSR count). The lowest BCUT2D eigenvalue weighted by Crippen LogP contribution is -2.02. The lowest BCUT2D eigenvalue weighted by Gasteiger charge is -2.06. The normalized spacial score (nSPS) is 10.1. The summed E-state index contributed by atoms with van der Waals surface area (Å²) >= 11 is 0. The molecule has 0 aromatic carbocycles. The Morgan fingerprint density at radius 3 is 3.00 bits per heavy atom. The molecule has 0 aliphatic heterocycles. The summed E-state index contributed by atoms with van der Waals surface area (Å²) in [5.74, 6) is 0. The molecule has 14 heavy (non-hydrogen) atoms. The summed E-state index contributed by atoms with van der Waals surface area (Å²) in [6.45, 7) is 2.72. The average molecular weight is 188 g/mol. The highest BCUT2D eigenvalue weighted by molar-refractivity contribution is 5.46. The molecule has 0 amide bonds. The lowest BCUT2D eigenvalue weighted by molar-refractivity contribution is 0.977. The first-order valence-corrected chi connectivity index (χ1v) is 4.50. The summed E-state index contributed by atoms with van der Waals surface area (Å²) in [6, 6.07) is 5.87. The highest BCUT2D eigenvalue weighted by Crippen LogP contribution is 2.10. The van der Waals surface area contributed by atoms with Crippen LogP contribution in [0.5, 0.6) is 0 Å². The molecule has 0 aliphatic rings. The third kappa shape index (κ3) is 1.90. The van der Waals surface area contributed by atoms with Gasteiger partial charge in [-0.2, -0.15) is 5.10 Å². The van der Waals surface area contributed by atoms with E-state index < -0.39 is 0 Å². The van der Waals surface area contributed by atoms with E-state index in [4.69, 9.17) is 0 Å². The van der Waals surface area contributed by atoms with Crippen LogP contribution in [0.4, 0.5) is 5.69 Å². The van der Waals surface area contributed by atoms with Gasteiger partial charge in [0, 0.05) is 12.4 Å². The smallest absolute Gasteiger partial charge is 0.0603 e. The van der Waals surface area contributed by atoms with Crippen molar-refractivity contribution in [3.05, 3.63) is 42.0 Å². The second-order valence-electron chi connectivity index (χ2n) is 3.07. The van der Waals surface area contributed by atoms with Gasteiger partial charge in [0.25, 0.3) is 0 Å². The van der Waals surface area contributed by atoms with E-state index in [9.17, 15) is 0 Å². The van der Waals surface area contributed by atoms with Gasteiger partial charge in [0.2, 0.25) is 0 Å². The Balaban J connectivity index is 2.02. The minimum absolute atomic E-state index is 0.743. The predicted octanol–water partition coefficient (Wildman–Crippen LogP) is 1.73. The van der Waals surface area contributed by atoms with Crippen LogP contribution in [-0.4, -0.2) is 15.2 Å². The van der Waals surface area contributed by atoms with Crippen LogP contribution >= 0.6 is 0 Å². The van der Waals surface area contributed by atoms with Crippen LogP contribution in [0.1, 0.15) is 11.4 Å². The van der Waals surface area contributed by atoms with E-state index in [0.717, 1.165) is 23.6 Å². The van der Waals surface area contributed by atoms with Gasteiger partial charge in [0.1, 0.15) is 0 Å². The van der Waals surface area contributed by atoms with Gasteiger partial charge >= 0.3 is 0 Å². The molecule has 4 nitrogen and oxygen atoms in total. The number of nitrogens with zero attached hydrogens (tertiary/aromatic N) is 2. The molecule has 0 unspecified atom stereocenters. The van der Waals surface area contributed by atoms with Gasteiger partial charge < -0.3 is 5.32 Å². The molecule has 0 bridgehead atoms. The maximum Gasteiger partial charge on any atom is 0.0603 e. The summed E-state index contributed by atoms with van der Waals surface area (Å²) in [5, 5.41) is 10.1. The van der Waals surface area contributed by atoms with Crippen LogP contribution in [-0.2, 0) is 6.54 Å². The fourth-order valence-corrected chi connectivity index (χ4v) is 1.24. The Kier molecular flexibility index (Phi) is 2.44. The standard InChI is InChI=1S/C10H12N4/c1-8-10(3-2-5-11-8)12-7-9-4-6-13-14-9/h2-6,12H,7H2,1H3,(H,13,14). The van der Waals surface area contributed by atoms with Gasteiger partial charge in [-0.15, -0.1) is 0 Å². The monoisotopic (exact) mass is 188 g/mol. The number of H-pyrrole nitrogens is 1. The number of hydrogen-bond acceptors (Lipinski definition) is 3. The summed E-state index contributed by atoms with van der Waals surface area (Å²) in [4.78, 5) is 4.19. The van der Waals surface area contributed by atoms with Gasteiger partial charge in [0.15, 0.2) is 0 Å². The molecule has 0 atom stereocenters. The molecular weight excluding hydrogens is 176 g/mol. The minimum atomic E-state index is 0.743.